The van der Waals surface area contributed by atoms with Gasteiger partial charge in [0.25, 0.3) is 0 Å². The molecule has 0 aromatic rings. The van der Waals surface area contributed by atoms with Crippen LogP contribution in [0.5, 0.6) is 0 Å². The van der Waals surface area contributed by atoms with Crippen molar-refractivity contribution in [1.82, 2.24) is 0 Å². The number of ether oxygens (including phenoxy) is 1. The summed E-state index contributed by atoms with van der Waals surface area (Å²) in [6.07, 6.45) is 9.87. The minimum absolute atomic E-state index is 0.00588. The SMILES string of the molecule is CC1CCC(OC(=O)C2(CN)CCCCCC2)CC1C. The van der Waals surface area contributed by atoms with E-state index in [1.165, 1.54) is 19.3 Å². The topological polar surface area (TPSA) is 52.3 Å². The zero-order valence-corrected chi connectivity index (χ0v) is 13.2. The highest BCUT2D eigenvalue weighted by molar-refractivity contribution is 5.77. The van der Waals surface area contributed by atoms with Gasteiger partial charge in [-0.1, -0.05) is 39.5 Å². The molecule has 3 heteroatoms. The second-order valence-corrected chi connectivity index (χ2v) is 7.19. The molecule has 2 aliphatic rings. The highest BCUT2D eigenvalue weighted by Crippen LogP contribution is 2.37. The van der Waals surface area contributed by atoms with Crippen molar-refractivity contribution in [2.75, 3.05) is 6.54 Å². The van der Waals surface area contributed by atoms with Gasteiger partial charge in [0.1, 0.15) is 6.10 Å². The number of rotatable bonds is 3. The van der Waals surface area contributed by atoms with Gasteiger partial charge in [0, 0.05) is 6.54 Å². The average Bonchev–Trinajstić information content (AvgIpc) is 2.69. The van der Waals surface area contributed by atoms with Crippen LogP contribution >= 0.6 is 0 Å². The molecular weight excluding hydrogens is 250 g/mol. The number of carbonyl (C=O) groups excluding carboxylic acids is 1. The maximum Gasteiger partial charge on any atom is 0.313 e. The van der Waals surface area contributed by atoms with Crippen LogP contribution < -0.4 is 5.73 Å². The quantitative estimate of drug-likeness (QED) is 0.634. The van der Waals surface area contributed by atoms with Gasteiger partial charge in [-0.2, -0.15) is 0 Å². The summed E-state index contributed by atoms with van der Waals surface area (Å²) in [5, 5.41) is 0. The summed E-state index contributed by atoms with van der Waals surface area (Å²) >= 11 is 0. The van der Waals surface area contributed by atoms with Crippen molar-refractivity contribution in [3.63, 3.8) is 0 Å². The van der Waals surface area contributed by atoms with E-state index in [2.05, 4.69) is 13.8 Å². The number of carbonyl (C=O) groups is 1. The second-order valence-electron chi connectivity index (χ2n) is 7.19. The molecule has 3 atom stereocenters. The third kappa shape index (κ3) is 3.55. The van der Waals surface area contributed by atoms with E-state index in [0.29, 0.717) is 12.5 Å². The van der Waals surface area contributed by atoms with Crippen molar-refractivity contribution in [3.8, 4) is 0 Å². The van der Waals surface area contributed by atoms with E-state index in [0.717, 1.165) is 44.4 Å². The molecule has 0 saturated heterocycles. The van der Waals surface area contributed by atoms with Crippen molar-refractivity contribution < 1.29 is 9.53 Å². The Morgan fingerprint density at radius 2 is 1.75 bits per heavy atom. The zero-order chi connectivity index (χ0) is 14.6. The first kappa shape index (κ1) is 15.8. The van der Waals surface area contributed by atoms with Crippen LogP contribution in [0, 0.1) is 17.3 Å². The molecule has 2 N–H and O–H groups in total. The van der Waals surface area contributed by atoms with Crippen LogP contribution in [0.15, 0.2) is 0 Å². The molecule has 3 unspecified atom stereocenters. The zero-order valence-electron chi connectivity index (χ0n) is 13.2. The number of hydrogen-bond donors (Lipinski definition) is 1. The average molecular weight is 281 g/mol. The van der Waals surface area contributed by atoms with Crippen LogP contribution in [-0.4, -0.2) is 18.6 Å². The van der Waals surface area contributed by atoms with E-state index in [-0.39, 0.29) is 17.5 Å². The molecule has 116 valence electrons. The Bertz CT molecular complexity index is 321. The first-order chi connectivity index (χ1) is 9.57. The first-order valence-electron chi connectivity index (χ1n) is 8.48. The Kier molecular flexibility index (Phi) is 5.48. The van der Waals surface area contributed by atoms with Gasteiger partial charge in [0.05, 0.1) is 5.41 Å². The van der Waals surface area contributed by atoms with Crippen LogP contribution in [-0.2, 0) is 9.53 Å². The molecule has 0 aliphatic heterocycles. The Labute approximate surface area is 123 Å². The van der Waals surface area contributed by atoms with Crippen LogP contribution in [0.3, 0.4) is 0 Å². The maximum absolute atomic E-state index is 12.7. The molecule has 0 aromatic heterocycles. The Morgan fingerprint density at radius 3 is 2.30 bits per heavy atom. The summed E-state index contributed by atoms with van der Waals surface area (Å²) in [4.78, 5) is 12.7. The molecule has 2 saturated carbocycles. The van der Waals surface area contributed by atoms with Crippen molar-refractivity contribution >= 4 is 5.97 Å². The van der Waals surface area contributed by atoms with Gasteiger partial charge in [-0.3, -0.25) is 4.79 Å². The van der Waals surface area contributed by atoms with Crippen LogP contribution in [0.2, 0.25) is 0 Å². The molecule has 3 nitrogen and oxygen atoms in total. The van der Waals surface area contributed by atoms with Crippen molar-refractivity contribution in [2.45, 2.75) is 77.7 Å². The lowest BCUT2D eigenvalue weighted by Gasteiger charge is -2.35. The van der Waals surface area contributed by atoms with Crippen molar-refractivity contribution in [2.24, 2.45) is 23.0 Å². The standard InChI is InChI=1S/C17H31NO2/c1-13-7-8-15(11-14(13)2)20-16(19)17(12-18)9-5-3-4-6-10-17/h13-15H,3-12,18H2,1-2H3. The van der Waals surface area contributed by atoms with Gasteiger partial charge in [-0.05, 0) is 43.9 Å². The monoisotopic (exact) mass is 281 g/mol. The van der Waals surface area contributed by atoms with Gasteiger partial charge in [-0.25, -0.2) is 0 Å². The van der Waals surface area contributed by atoms with Crippen LogP contribution in [0.4, 0.5) is 0 Å². The lowest BCUT2D eigenvalue weighted by atomic mass is 9.79. The van der Waals surface area contributed by atoms with E-state index >= 15 is 0 Å². The molecule has 0 amide bonds. The lowest BCUT2D eigenvalue weighted by Crippen LogP contribution is -2.42. The highest BCUT2D eigenvalue weighted by atomic mass is 16.5. The molecule has 0 heterocycles. The molecule has 2 rings (SSSR count). The molecule has 0 spiro atoms. The van der Waals surface area contributed by atoms with Gasteiger partial charge in [-0.15, -0.1) is 0 Å². The molecular formula is C17H31NO2. The second kappa shape index (κ2) is 6.93. The van der Waals surface area contributed by atoms with E-state index in [1.807, 2.05) is 0 Å². The van der Waals surface area contributed by atoms with E-state index < -0.39 is 0 Å². The third-order valence-corrected chi connectivity index (χ3v) is 5.71. The van der Waals surface area contributed by atoms with Gasteiger partial charge >= 0.3 is 5.97 Å². The van der Waals surface area contributed by atoms with Crippen molar-refractivity contribution in [1.29, 1.82) is 0 Å². The summed E-state index contributed by atoms with van der Waals surface area (Å²) in [6, 6.07) is 0. The summed E-state index contributed by atoms with van der Waals surface area (Å²) < 4.78 is 5.88. The molecule has 20 heavy (non-hydrogen) atoms. The number of esters is 1. The smallest absolute Gasteiger partial charge is 0.313 e. The van der Waals surface area contributed by atoms with Crippen LogP contribution in [0.25, 0.3) is 0 Å². The predicted octanol–water partition coefficient (Wildman–Crippen LogP) is 3.65. The third-order valence-electron chi connectivity index (χ3n) is 5.71. The Hall–Kier alpha value is -0.570. The Morgan fingerprint density at radius 1 is 1.10 bits per heavy atom. The molecule has 0 radical (unpaired) electrons. The normalized spacial score (nSPS) is 34.2. The molecule has 2 fully saturated rings. The summed E-state index contributed by atoms with van der Waals surface area (Å²) in [5.41, 5.74) is 5.58. The fourth-order valence-corrected chi connectivity index (χ4v) is 3.78. The van der Waals surface area contributed by atoms with Gasteiger partial charge in [0.15, 0.2) is 0 Å². The lowest BCUT2D eigenvalue weighted by molar-refractivity contribution is -0.164. The first-order valence-corrected chi connectivity index (χ1v) is 8.48. The summed E-state index contributed by atoms with van der Waals surface area (Å²) in [5.74, 6) is 1.41. The minimum Gasteiger partial charge on any atom is -0.462 e. The number of hydrogen-bond acceptors (Lipinski definition) is 3. The fraction of sp³-hybridized carbons (Fsp3) is 0.941. The van der Waals surface area contributed by atoms with Gasteiger partial charge in [0.2, 0.25) is 0 Å². The Balaban J connectivity index is 1.95. The maximum atomic E-state index is 12.7. The van der Waals surface area contributed by atoms with E-state index in [9.17, 15) is 4.79 Å². The highest BCUT2D eigenvalue weighted by Gasteiger charge is 2.40. The van der Waals surface area contributed by atoms with Crippen LogP contribution in [0.1, 0.15) is 71.6 Å². The molecule has 0 bridgehead atoms. The van der Waals surface area contributed by atoms with Crippen molar-refractivity contribution in [3.05, 3.63) is 0 Å². The predicted molar refractivity (Wildman–Crippen MR) is 81.2 cm³/mol. The fourth-order valence-electron chi connectivity index (χ4n) is 3.78. The number of nitrogens with two attached hydrogens (primary N) is 1. The summed E-state index contributed by atoms with van der Waals surface area (Å²) in [6.45, 7) is 5.02. The van der Waals surface area contributed by atoms with E-state index in [4.69, 9.17) is 10.5 Å². The van der Waals surface area contributed by atoms with E-state index in [1.54, 1.807) is 0 Å². The molecule has 2 aliphatic carbocycles. The largest absolute Gasteiger partial charge is 0.462 e. The summed E-state index contributed by atoms with van der Waals surface area (Å²) in [7, 11) is 0. The van der Waals surface area contributed by atoms with Gasteiger partial charge < -0.3 is 10.5 Å². The molecule has 0 aromatic carbocycles. The minimum atomic E-state index is -0.386.